The molecule has 0 aliphatic heterocycles. The molecule has 0 bridgehead atoms. The molecule has 0 N–H and O–H groups in total. The van der Waals surface area contributed by atoms with E-state index < -0.39 is 0 Å². The molecule has 8 rings (SSSR count). The van der Waals surface area contributed by atoms with Crippen molar-refractivity contribution in [2.45, 2.75) is 6.92 Å². The molecule has 1 nitrogen and oxygen atoms in total. The second kappa shape index (κ2) is 8.69. The number of para-hydroxylation sites is 2. The van der Waals surface area contributed by atoms with Crippen molar-refractivity contribution in [2.75, 3.05) is 0 Å². The number of aryl methyl sites for hydroxylation is 1. The van der Waals surface area contributed by atoms with Gasteiger partial charge in [-0.3, -0.25) is 0 Å². The monoisotopic (exact) mass is 515 g/mol. The SMILES string of the molecule is Cc1cccc2c3ccccc3n(-c3ccc(-c4ccc(-c5ccc6c(c5)sc5ccccc56)cc4)cc3)c12. The summed E-state index contributed by atoms with van der Waals surface area (Å²) in [4.78, 5) is 0. The molecular formula is C37H25NS. The van der Waals surface area contributed by atoms with Gasteiger partial charge in [-0.05, 0) is 65.1 Å². The summed E-state index contributed by atoms with van der Waals surface area (Å²) < 4.78 is 5.09. The molecule has 8 aromatic rings. The fourth-order valence-electron chi connectivity index (χ4n) is 6.02. The number of hydrogen-bond donors (Lipinski definition) is 0. The highest BCUT2D eigenvalue weighted by Crippen LogP contribution is 2.37. The molecule has 2 heteroatoms. The quantitative estimate of drug-likeness (QED) is 0.220. The van der Waals surface area contributed by atoms with E-state index in [0.717, 1.165) is 0 Å². The zero-order chi connectivity index (χ0) is 25.9. The van der Waals surface area contributed by atoms with E-state index in [2.05, 4.69) is 145 Å². The Bertz CT molecular complexity index is 2160. The van der Waals surface area contributed by atoms with Crippen LogP contribution in [0.5, 0.6) is 0 Å². The Labute approximate surface area is 231 Å². The standard InChI is InChI=1S/C37H25NS/c1-24-7-6-10-33-30-8-2-4-11-34(30)38(37(24)33)29-20-17-26(18-21-29)25-13-15-27(16-14-25)28-19-22-32-31-9-3-5-12-35(31)39-36(32)23-28/h2-23H,1H3. The molecule has 0 fully saturated rings. The Morgan fingerprint density at radius 2 is 1.05 bits per heavy atom. The Kier molecular flexibility index (Phi) is 4.98. The average molecular weight is 516 g/mol. The molecule has 0 aliphatic carbocycles. The van der Waals surface area contributed by atoms with E-state index in [-0.39, 0.29) is 0 Å². The van der Waals surface area contributed by atoms with Crippen LogP contribution in [0.1, 0.15) is 5.56 Å². The van der Waals surface area contributed by atoms with Crippen LogP contribution in [0.15, 0.2) is 133 Å². The predicted octanol–water partition coefficient (Wildman–Crippen LogP) is 10.8. The first-order valence-corrected chi connectivity index (χ1v) is 14.2. The zero-order valence-corrected chi connectivity index (χ0v) is 22.4. The van der Waals surface area contributed by atoms with Crippen LogP contribution in [0, 0.1) is 6.92 Å². The second-order valence-electron chi connectivity index (χ2n) is 10.3. The highest BCUT2D eigenvalue weighted by molar-refractivity contribution is 7.25. The highest BCUT2D eigenvalue weighted by Gasteiger charge is 2.13. The van der Waals surface area contributed by atoms with Crippen LogP contribution in [-0.4, -0.2) is 4.57 Å². The Balaban J connectivity index is 1.15. The van der Waals surface area contributed by atoms with E-state index in [0.29, 0.717) is 0 Å². The van der Waals surface area contributed by atoms with Crippen molar-refractivity contribution in [3.8, 4) is 27.9 Å². The third kappa shape index (κ3) is 3.53. The van der Waals surface area contributed by atoms with Crippen molar-refractivity contribution in [3.05, 3.63) is 139 Å². The molecule has 0 aliphatic rings. The van der Waals surface area contributed by atoms with Crippen LogP contribution in [0.2, 0.25) is 0 Å². The lowest BCUT2D eigenvalue weighted by atomic mass is 9.99. The third-order valence-corrected chi connectivity index (χ3v) is 9.09. The van der Waals surface area contributed by atoms with Crippen molar-refractivity contribution in [1.82, 2.24) is 4.57 Å². The molecule has 0 radical (unpaired) electrons. The summed E-state index contributed by atoms with van der Waals surface area (Å²) in [5.41, 5.74) is 9.97. The molecule has 184 valence electrons. The zero-order valence-electron chi connectivity index (χ0n) is 21.6. The van der Waals surface area contributed by atoms with Crippen molar-refractivity contribution < 1.29 is 0 Å². The van der Waals surface area contributed by atoms with Crippen molar-refractivity contribution in [1.29, 1.82) is 0 Å². The molecule has 0 spiro atoms. The van der Waals surface area contributed by atoms with Gasteiger partial charge in [0.15, 0.2) is 0 Å². The first-order chi connectivity index (χ1) is 19.2. The van der Waals surface area contributed by atoms with E-state index in [1.54, 1.807) is 0 Å². The summed E-state index contributed by atoms with van der Waals surface area (Å²) in [5, 5.41) is 5.29. The fraction of sp³-hybridized carbons (Fsp3) is 0.0270. The summed E-state index contributed by atoms with van der Waals surface area (Å²) >= 11 is 1.87. The molecule has 0 saturated carbocycles. The normalized spacial score (nSPS) is 11.7. The Morgan fingerprint density at radius 3 is 1.85 bits per heavy atom. The third-order valence-electron chi connectivity index (χ3n) is 7.95. The molecule has 0 saturated heterocycles. The van der Waals surface area contributed by atoms with Gasteiger partial charge in [-0.25, -0.2) is 0 Å². The summed E-state index contributed by atoms with van der Waals surface area (Å²) in [5.74, 6) is 0. The van der Waals surface area contributed by atoms with Gasteiger partial charge in [-0.15, -0.1) is 11.3 Å². The molecule has 2 aromatic heterocycles. The van der Waals surface area contributed by atoms with E-state index >= 15 is 0 Å². The topological polar surface area (TPSA) is 4.93 Å². The first kappa shape index (κ1) is 22.3. The Morgan fingerprint density at radius 1 is 0.462 bits per heavy atom. The maximum absolute atomic E-state index is 2.40. The number of thiophene rings is 1. The van der Waals surface area contributed by atoms with E-state index in [4.69, 9.17) is 0 Å². The lowest BCUT2D eigenvalue weighted by Crippen LogP contribution is -1.95. The van der Waals surface area contributed by atoms with Gasteiger partial charge >= 0.3 is 0 Å². The predicted molar refractivity (Wildman–Crippen MR) is 169 cm³/mol. The average Bonchev–Trinajstić information content (AvgIpc) is 3.54. The maximum atomic E-state index is 2.40. The molecule has 6 aromatic carbocycles. The number of rotatable bonds is 3. The highest BCUT2D eigenvalue weighted by atomic mass is 32.1. The van der Waals surface area contributed by atoms with Crippen LogP contribution >= 0.6 is 11.3 Å². The largest absolute Gasteiger partial charge is 0.309 e. The number of aromatic nitrogens is 1. The summed E-state index contributed by atoms with van der Waals surface area (Å²) in [7, 11) is 0. The molecule has 0 amide bonds. The van der Waals surface area contributed by atoms with Crippen LogP contribution in [0.3, 0.4) is 0 Å². The smallest absolute Gasteiger partial charge is 0.0570 e. The van der Waals surface area contributed by atoms with E-state index in [1.165, 1.54) is 75.5 Å². The van der Waals surface area contributed by atoms with Gasteiger partial charge in [0.05, 0.1) is 11.0 Å². The number of fused-ring (bicyclic) bond motifs is 6. The summed E-state index contributed by atoms with van der Waals surface area (Å²) in [6.45, 7) is 2.20. The molecule has 2 heterocycles. The van der Waals surface area contributed by atoms with Crippen LogP contribution in [0.4, 0.5) is 0 Å². The van der Waals surface area contributed by atoms with E-state index in [9.17, 15) is 0 Å². The number of nitrogens with zero attached hydrogens (tertiary/aromatic N) is 1. The fourth-order valence-corrected chi connectivity index (χ4v) is 7.17. The van der Waals surface area contributed by atoms with Gasteiger partial charge in [0.25, 0.3) is 0 Å². The molecule has 0 unspecified atom stereocenters. The van der Waals surface area contributed by atoms with Gasteiger partial charge in [0, 0.05) is 36.6 Å². The van der Waals surface area contributed by atoms with Crippen LogP contribution in [-0.2, 0) is 0 Å². The van der Waals surface area contributed by atoms with E-state index in [1.807, 2.05) is 11.3 Å². The summed E-state index contributed by atoms with van der Waals surface area (Å²) in [6, 6.07) is 48.8. The molecular weight excluding hydrogens is 490 g/mol. The molecule has 0 atom stereocenters. The molecule has 39 heavy (non-hydrogen) atoms. The Hall–Kier alpha value is -4.66. The first-order valence-electron chi connectivity index (χ1n) is 13.4. The van der Waals surface area contributed by atoms with Crippen LogP contribution in [0.25, 0.3) is 69.9 Å². The van der Waals surface area contributed by atoms with Crippen molar-refractivity contribution >= 4 is 53.3 Å². The van der Waals surface area contributed by atoms with Gasteiger partial charge in [-0.1, -0.05) is 103 Å². The van der Waals surface area contributed by atoms with Crippen molar-refractivity contribution in [3.63, 3.8) is 0 Å². The minimum atomic E-state index is 1.19. The van der Waals surface area contributed by atoms with Crippen molar-refractivity contribution in [2.24, 2.45) is 0 Å². The second-order valence-corrected chi connectivity index (χ2v) is 11.3. The lowest BCUT2D eigenvalue weighted by Gasteiger charge is -2.11. The minimum Gasteiger partial charge on any atom is -0.309 e. The lowest BCUT2D eigenvalue weighted by molar-refractivity contribution is 1.17. The van der Waals surface area contributed by atoms with Crippen LogP contribution < -0.4 is 0 Å². The maximum Gasteiger partial charge on any atom is 0.0570 e. The number of benzene rings is 6. The van der Waals surface area contributed by atoms with Gasteiger partial charge < -0.3 is 4.57 Å². The summed E-state index contributed by atoms with van der Waals surface area (Å²) in [6.07, 6.45) is 0. The van der Waals surface area contributed by atoms with Gasteiger partial charge in [-0.2, -0.15) is 0 Å². The van der Waals surface area contributed by atoms with Gasteiger partial charge in [0.1, 0.15) is 0 Å². The minimum absolute atomic E-state index is 1.19. The van der Waals surface area contributed by atoms with Gasteiger partial charge in [0.2, 0.25) is 0 Å². The number of hydrogen-bond acceptors (Lipinski definition) is 1.